The second-order valence-corrected chi connectivity index (χ2v) is 5.13. The molecule has 1 amide bonds. The number of nitrogens with one attached hydrogen (secondary N) is 1. The van der Waals surface area contributed by atoms with E-state index in [0.717, 1.165) is 0 Å². The van der Waals surface area contributed by atoms with Gasteiger partial charge in [0.1, 0.15) is 5.75 Å². The highest BCUT2D eigenvalue weighted by molar-refractivity contribution is 5.97. The van der Waals surface area contributed by atoms with Gasteiger partial charge in [0.05, 0.1) is 17.2 Å². The third-order valence-electron chi connectivity index (χ3n) is 3.25. The molecule has 0 heterocycles. The van der Waals surface area contributed by atoms with Crippen LogP contribution >= 0.6 is 0 Å². The third-order valence-corrected chi connectivity index (χ3v) is 3.25. The van der Waals surface area contributed by atoms with Gasteiger partial charge < -0.3 is 14.8 Å². The third kappa shape index (κ3) is 5.27. The summed E-state index contributed by atoms with van der Waals surface area (Å²) in [7, 11) is 0. The number of esters is 1. The zero-order valence-electron chi connectivity index (χ0n) is 13.6. The van der Waals surface area contributed by atoms with E-state index in [-0.39, 0.29) is 11.3 Å². The van der Waals surface area contributed by atoms with Crippen molar-refractivity contribution in [3.05, 3.63) is 59.7 Å². The van der Waals surface area contributed by atoms with Gasteiger partial charge >= 0.3 is 12.6 Å². The Morgan fingerprint density at radius 3 is 2.23 bits per heavy atom. The number of benzene rings is 2. The molecule has 0 unspecified atom stereocenters. The Hall–Kier alpha value is -3.47. The molecular weight excluding hydrogens is 346 g/mol. The molecule has 134 valence electrons. The number of halogens is 2. The van der Waals surface area contributed by atoms with Gasteiger partial charge in [-0.1, -0.05) is 0 Å². The lowest BCUT2D eigenvalue weighted by molar-refractivity contribution is -0.123. The van der Waals surface area contributed by atoms with Gasteiger partial charge in [-0.05, 0) is 55.5 Å². The highest BCUT2D eigenvalue weighted by atomic mass is 19.3. The molecule has 6 nitrogen and oxygen atoms in total. The number of ether oxygens (including phenoxy) is 2. The van der Waals surface area contributed by atoms with Crippen LogP contribution < -0.4 is 10.1 Å². The van der Waals surface area contributed by atoms with Crippen LogP contribution in [0.3, 0.4) is 0 Å². The van der Waals surface area contributed by atoms with Crippen molar-refractivity contribution >= 4 is 17.6 Å². The lowest BCUT2D eigenvalue weighted by atomic mass is 10.2. The fourth-order valence-electron chi connectivity index (χ4n) is 1.93. The summed E-state index contributed by atoms with van der Waals surface area (Å²) in [6, 6.07) is 13.0. The molecule has 0 aliphatic carbocycles. The van der Waals surface area contributed by atoms with Crippen LogP contribution in [-0.4, -0.2) is 24.6 Å². The van der Waals surface area contributed by atoms with Crippen molar-refractivity contribution in [2.24, 2.45) is 0 Å². The van der Waals surface area contributed by atoms with E-state index in [4.69, 9.17) is 10.00 Å². The average molecular weight is 360 g/mol. The van der Waals surface area contributed by atoms with Crippen molar-refractivity contribution in [3.8, 4) is 11.8 Å². The Labute approximate surface area is 148 Å². The molecule has 0 saturated carbocycles. The number of rotatable bonds is 6. The zero-order chi connectivity index (χ0) is 19.1. The Morgan fingerprint density at radius 2 is 1.69 bits per heavy atom. The maximum atomic E-state index is 12.1. The van der Waals surface area contributed by atoms with Gasteiger partial charge in [-0.2, -0.15) is 14.0 Å². The fourth-order valence-corrected chi connectivity index (χ4v) is 1.93. The van der Waals surface area contributed by atoms with Gasteiger partial charge in [0.25, 0.3) is 5.91 Å². The maximum Gasteiger partial charge on any atom is 0.387 e. The van der Waals surface area contributed by atoms with E-state index in [1.165, 1.54) is 43.3 Å². The second-order valence-electron chi connectivity index (χ2n) is 5.13. The summed E-state index contributed by atoms with van der Waals surface area (Å²) < 4.78 is 33.4. The summed E-state index contributed by atoms with van der Waals surface area (Å²) in [5.41, 5.74) is 0.983. The number of hydrogen-bond acceptors (Lipinski definition) is 5. The summed E-state index contributed by atoms with van der Waals surface area (Å²) in [4.78, 5) is 24.1. The molecule has 1 N–H and O–H groups in total. The first kappa shape index (κ1) is 18.9. The predicted molar refractivity (Wildman–Crippen MR) is 87.7 cm³/mol. The van der Waals surface area contributed by atoms with Crippen LogP contribution in [0.15, 0.2) is 48.5 Å². The van der Waals surface area contributed by atoms with Crippen LogP contribution in [-0.2, 0) is 9.53 Å². The van der Waals surface area contributed by atoms with E-state index >= 15 is 0 Å². The highest BCUT2D eigenvalue weighted by Crippen LogP contribution is 2.16. The molecule has 2 aromatic carbocycles. The second kappa shape index (κ2) is 8.58. The molecule has 0 spiro atoms. The minimum absolute atomic E-state index is 0.0876. The summed E-state index contributed by atoms with van der Waals surface area (Å²) >= 11 is 0. The van der Waals surface area contributed by atoms with Crippen LogP contribution in [0.2, 0.25) is 0 Å². The van der Waals surface area contributed by atoms with Gasteiger partial charge in [-0.15, -0.1) is 0 Å². The van der Waals surface area contributed by atoms with Crippen molar-refractivity contribution in [1.29, 1.82) is 5.26 Å². The molecule has 0 aliphatic rings. The standard InChI is InChI=1S/C18H14F2N2O4/c1-11(16(23)22-14-6-2-12(10-21)3-7-14)25-17(24)13-4-8-15(9-5-13)26-18(19)20/h2-9,11,18H,1H3,(H,22,23)/t11-/m0/s1. The molecular formula is C18H14F2N2O4. The van der Waals surface area contributed by atoms with E-state index in [1.807, 2.05) is 6.07 Å². The molecule has 0 radical (unpaired) electrons. The van der Waals surface area contributed by atoms with Gasteiger partial charge in [-0.3, -0.25) is 4.79 Å². The Morgan fingerprint density at radius 1 is 1.08 bits per heavy atom. The number of amides is 1. The largest absolute Gasteiger partial charge is 0.449 e. The first-order valence-electron chi connectivity index (χ1n) is 7.46. The molecule has 0 fully saturated rings. The van der Waals surface area contributed by atoms with Crippen LogP contribution in [0.25, 0.3) is 0 Å². The Balaban J connectivity index is 1.92. The van der Waals surface area contributed by atoms with Crippen LogP contribution in [0.1, 0.15) is 22.8 Å². The fraction of sp³-hybridized carbons (Fsp3) is 0.167. The van der Waals surface area contributed by atoms with Gasteiger partial charge in [-0.25, -0.2) is 4.79 Å². The summed E-state index contributed by atoms with van der Waals surface area (Å²) in [5, 5.41) is 11.3. The number of carbonyl (C=O) groups excluding carboxylic acids is 2. The first-order chi connectivity index (χ1) is 12.4. The Kier molecular flexibility index (Phi) is 6.22. The smallest absolute Gasteiger partial charge is 0.387 e. The molecule has 8 heteroatoms. The number of nitriles is 1. The average Bonchev–Trinajstić information content (AvgIpc) is 2.62. The SMILES string of the molecule is C[C@H](OC(=O)c1ccc(OC(F)F)cc1)C(=O)Nc1ccc(C#N)cc1. The highest BCUT2D eigenvalue weighted by Gasteiger charge is 2.19. The molecule has 2 aromatic rings. The van der Waals surface area contributed by atoms with Crippen LogP contribution in [0.5, 0.6) is 5.75 Å². The van der Waals surface area contributed by atoms with Crippen LogP contribution in [0.4, 0.5) is 14.5 Å². The van der Waals surface area contributed by atoms with E-state index in [1.54, 1.807) is 12.1 Å². The van der Waals surface area contributed by atoms with Gasteiger partial charge in [0, 0.05) is 5.69 Å². The van der Waals surface area contributed by atoms with Crippen molar-refractivity contribution < 1.29 is 27.8 Å². The number of carbonyl (C=O) groups is 2. The molecule has 1 atom stereocenters. The maximum absolute atomic E-state index is 12.1. The number of anilines is 1. The predicted octanol–water partition coefficient (Wildman–Crippen LogP) is 3.34. The molecule has 0 aliphatic heterocycles. The summed E-state index contributed by atoms with van der Waals surface area (Å²) in [6.07, 6.45) is -1.09. The van der Waals surface area contributed by atoms with Crippen molar-refractivity contribution in [1.82, 2.24) is 0 Å². The minimum atomic E-state index is -2.96. The van der Waals surface area contributed by atoms with Crippen molar-refractivity contribution in [2.75, 3.05) is 5.32 Å². The molecule has 0 aromatic heterocycles. The van der Waals surface area contributed by atoms with E-state index in [2.05, 4.69) is 10.1 Å². The lowest BCUT2D eigenvalue weighted by Gasteiger charge is -2.14. The van der Waals surface area contributed by atoms with E-state index < -0.39 is 24.6 Å². The minimum Gasteiger partial charge on any atom is -0.449 e. The molecule has 26 heavy (non-hydrogen) atoms. The van der Waals surface area contributed by atoms with E-state index in [9.17, 15) is 18.4 Å². The Bertz CT molecular complexity index is 815. The molecule has 0 saturated heterocycles. The number of alkyl halides is 2. The normalized spacial score (nSPS) is 11.3. The lowest BCUT2D eigenvalue weighted by Crippen LogP contribution is -2.30. The quantitative estimate of drug-likeness (QED) is 0.798. The monoisotopic (exact) mass is 360 g/mol. The zero-order valence-corrected chi connectivity index (χ0v) is 13.6. The number of nitrogens with zero attached hydrogens (tertiary/aromatic N) is 1. The van der Waals surface area contributed by atoms with Crippen molar-refractivity contribution in [2.45, 2.75) is 19.6 Å². The van der Waals surface area contributed by atoms with Crippen molar-refractivity contribution in [3.63, 3.8) is 0 Å². The summed E-state index contributed by atoms with van der Waals surface area (Å²) in [5.74, 6) is -1.43. The molecule has 0 bridgehead atoms. The first-order valence-corrected chi connectivity index (χ1v) is 7.46. The molecule has 2 rings (SSSR count). The van der Waals surface area contributed by atoms with Gasteiger partial charge in [0.15, 0.2) is 6.10 Å². The van der Waals surface area contributed by atoms with Gasteiger partial charge in [0.2, 0.25) is 0 Å². The topological polar surface area (TPSA) is 88.4 Å². The number of hydrogen-bond donors (Lipinski definition) is 1. The van der Waals surface area contributed by atoms with Crippen LogP contribution in [0, 0.1) is 11.3 Å². The summed E-state index contributed by atoms with van der Waals surface area (Å²) in [6.45, 7) is -1.57. The van der Waals surface area contributed by atoms with E-state index in [0.29, 0.717) is 11.3 Å².